The van der Waals surface area contributed by atoms with Crippen LogP contribution in [0.1, 0.15) is 73.9 Å². The largest absolute Gasteiger partial charge is 0.462 e. The number of rotatable bonds is 3. The lowest BCUT2D eigenvalue weighted by atomic mass is 9.71. The third-order valence-corrected chi connectivity index (χ3v) is 6.20. The maximum Gasteiger partial charge on any atom is 0.340 e. The molecule has 1 saturated heterocycles. The summed E-state index contributed by atoms with van der Waals surface area (Å²) >= 11 is 0. The standard InChI is InChI=1S/C21H29NO3/c1-2-24-21(23)17-11-6-10-16-19(17)22-18(14-8-4-3-5-9-14)15-12-7-13-25-20(15)16/h6,10-11,14-15,18,20,22H,2-5,7-9,12-13H2,1H3. The molecule has 3 atom stereocenters. The highest BCUT2D eigenvalue weighted by Crippen LogP contribution is 2.48. The lowest BCUT2D eigenvalue weighted by Crippen LogP contribution is -2.46. The van der Waals surface area contributed by atoms with Crippen LogP contribution in [0.25, 0.3) is 0 Å². The number of nitrogens with one attached hydrogen (secondary N) is 1. The van der Waals surface area contributed by atoms with Gasteiger partial charge in [-0.2, -0.15) is 0 Å². The molecule has 1 aliphatic carbocycles. The van der Waals surface area contributed by atoms with Crippen LogP contribution in [0.15, 0.2) is 18.2 Å². The second kappa shape index (κ2) is 7.36. The van der Waals surface area contributed by atoms with Crippen molar-refractivity contribution in [3.8, 4) is 0 Å². The van der Waals surface area contributed by atoms with Crippen molar-refractivity contribution in [1.29, 1.82) is 0 Å². The Bertz CT molecular complexity index is 624. The number of carbonyl (C=O) groups is 1. The normalized spacial score (nSPS) is 29.2. The molecule has 0 bridgehead atoms. The predicted molar refractivity (Wildman–Crippen MR) is 97.8 cm³/mol. The van der Waals surface area contributed by atoms with Crippen LogP contribution in [0, 0.1) is 11.8 Å². The number of para-hydroxylation sites is 1. The van der Waals surface area contributed by atoms with Crippen molar-refractivity contribution in [2.24, 2.45) is 11.8 Å². The summed E-state index contributed by atoms with van der Waals surface area (Å²) in [7, 11) is 0. The molecular formula is C21H29NO3. The second-order valence-electron chi connectivity index (χ2n) is 7.66. The predicted octanol–water partition coefficient (Wildman–Crippen LogP) is 4.71. The lowest BCUT2D eigenvalue weighted by molar-refractivity contribution is -0.0458. The summed E-state index contributed by atoms with van der Waals surface area (Å²) in [6, 6.07) is 6.37. The fourth-order valence-corrected chi connectivity index (χ4v) is 5.07. The number of anilines is 1. The second-order valence-corrected chi connectivity index (χ2v) is 7.66. The van der Waals surface area contributed by atoms with Crippen molar-refractivity contribution < 1.29 is 14.3 Å². The molecule has 1 saturated carbocycles. The van der Waals surface area contributed by atoms with Crippen LogP contribution >= 0.6 is 0 Å². The van der Waals surface area contributed by atoms with Crippen molar-refractivity contribution in [1.82, 2.24) is 0 Å². The first-order valence-corrected chi connectivity index (χ1v) is 9.97. The molecule has 4 rings (SSSR count). The Hall–Kier alpha value is -1.55. The van der Waals surface area contributed by atoms with Crippen LogP contribution < -0.4 is 5.32 Å². The van der Waals surface area contributed by atoms with E-state index < -0.39 is 0 Å². The first kappa shape index (κ1) is 16.9. The molecule has 25 heavy (non-hydrogen) atoms. The van der Waals surface area contributed by atoms with Crippen molar-refractivity contribution in [2.45, 2.75) is 64.0 Å². The molecule has 0 spiro atoms. The molecule has 1 aromatic rings. The Morgan fingerprint density at radius 2 is 2.04 bits per heavy atom. The summed E-state index contributed by atoms with van der Waals surface area (Å²) in [5.41, 5.74) is 2.76. The molecule has 2 fully saturated rings. The van der Waals surface area contributed by atoms with E-state index in [1.165, 1.54) is 38.5 Å². The van der Waals surface area contributed by atoms with Gasteiger partial charge in [0.25, 0.3) is 0 Å². The Balaban J connectivity index is 1.71. The van der Waals surface area contributed by atoms with E-state index in [-0.39, 0.29) is 12.1 Å². The Morgan fingerprint density at radius 3 is 2.84 bits per heavy atom. The van der Waals surface area contributed by atoms with Gasteiger partial charge in [0.15, 0.2) is 0 Å². The third kappa shape index (κ3) is 3.17. The summed E-state index contributed by atoms with van der Waals surface area (Å²) in [4.78, 5) is 12.5. The number of ether oxygens (including phenoxy) is 2. The highest BCUT2D eigenvalue weighted by molar-refractivity contribution is 5.97. The van der Waals surface area contributed by atoms with Gasteiger partial charge in [0, 0.05) is 24.1 Å². The topological polar surface area (TPSA) is 47.6 Å². The fraction of sp³-hybridized carbons (Fsp3) is 0.667. The van der Waals surface area contributed by atoms with Gasteiger partial charge >= 0.3 is 5.97 Å². The summed E-state index contributed by atoms with van der Waals surface area (Å²) in [5.74, 6) is 0.969. The van der Waals surface area contributed by atoms with Gasteiger partial charge in [-0.15, -0.1) is 0 Å². The molecule has 0 amide bonds. The van der Waals surface area contributed by atoms with E-state index >= 15 is 0 Å². The molecule has 4 nitrogen and oxygen atoms in total. The van der Waals surface area contributed by atoms with Crippen LogP contribution in [-0.4, -0.2) is 25.2 Å². The fourth-order valence-electron chi connectivity index (χ4n) is 5.07. The minimum atomic E-state index is -0.233. The Morgan fingerprint density at radius 1 is 1.20 bits per heavy atom. The zero-order chi connectivity index (χ0) is 17.2. The molecule has 136 valence electrons. The van der Waals surface area contributed by atoms with E-state index in [1.54, 1.807) is 0 Å². The van der Waals surface area contributed by atoms with Gasteiger partial charge in [-0.05, 0) is 44.6 Å². The summed E-state index contributed by atoms with van der Waals surface area (Å²) in [6.45, 7) is 3.07. The van der Waals surface area contributed by atoms with Gasteiger partial charge < -0.3 is 14.8 Å². The van der Waals surface area contributed by atoms with E-state index in [9.17, 15) is 4.79 Å². The number of benzene rings is 1. The smallest absolute Gasteiger partial charge is 0.340 e. The molecule has 0 radical (unpaired) electrons. The van der Waals surface area contributed by atoms with Gasteiger partial charge in [0.05, 0.1) is 24.0 Å². The van der Waals surface area contributed by atoms with E-state index in [1.807, 2.05) is 19.1 Å². The van der Waals surface area contributed by atoms with Gasteiger partial charge in [-0.3, -0.25) is 0 Å². The van der Waals surface area contributed by atoms with Crippen LogP contribution in [0.2, 0.25) is 0 Å². The maximum absolute atomic E-state index is 12.5. The number of esters is 1. The van der Waals surface area contributed by atoms with Gasteiger partial charge in [0.1, 0.15) is 0 Å². The summed E-state index contributed by atoms with van der Waals surface area (Å²) < 4.78 is 11.5. The number of fused-ring (bicyclic) bond motifs is 3. The Labute approximate surface area is 150 Å². The van der Waals surface area contributed by atoms with E-state index in [2.05, 4.69) is 11.4 Å². The molecule has 2 heterocycles. The molecular weight excluding hydrogens is 314 g/mol. The maximum atomic E-state index is 12.5. The summed E-state index contributed by atoms with van der Waals surface area (Å²) in [5, 5.41) is 3.79. The van der Waals surface area contributed by atoms with E-state index in [0.29, 0.717) is 30.0 Å². The minimum Gasteiger partial charge on any atom is -0.462 e. The first-order valence-electron chi connectivity index (χ1n) is 9.97. The zero-order valence-corrected chi connectivity index (χ0v) is 15.1. The SMILES string of the molecule is CCOC(=O)c1cccc2c1NC(C1CCCCC1)C1CCCOC21. The number of carbonyl (C=O) groups excluding carboxylic acids is 1. The zero-order valence-electron chi connectivity index (χ0n) is 15.1. The van der Waals surface area contributed by atoms with E-state index in [4.69, 9.17) is 9.47 Å². The van der Waals surface area contributed by atoms with E-state index in [0.717, 1.165) is 24.3 Å². The van der Waals surface area contributed by atoms with Crippen LogP contribution in [0.4, 0.5) is 5.69 Å². The molecule has 3 unspecified atom stereocenters. The van der Waals surface area contributed by atoms with Crippen molar-refractivity contribution in [3.63, 3.8) is 0 Å². The highest BCUT2D eigenvalue weighted by Gasteiger charge is 2.43. The van der Waals surface area contributed by atoms with Gasteiger partial charge in [-0.1, -0.05) is 31.4 Å². The number of hydrogen-bond acceptors (Lipinski definition) is 4. The molecule has 0 aromatic heterocycles. The lowest BCUT2D eigenvalue weighted by Gasteiger charge is -2.47. The monoisotopic (exact) mass is 343 g/mol. The molecule has 3 aliphatic rings. The average molecular weight is 343 g/mol. The molecule has 2 aliphatic heterocycles. The molecule has 1 aromatic carbocycles. The van der Waals surface area contributed by atoms with Crippen molar-refractivity contribution in [2.75, 3.05) is 18.5 Å². The van der Waals surface area contributed by atoms with Crippen molar-refractivity contribution >= 4 is 11.7 Å². The molecule has 4 heteroatoms. The third-order valence-electron chi connectivity index (χ3n) is 6.20. The quantitative estimate of drug-likeness (QED) is 0.808. The number of hydrogen-bond donors (Lipinski definition) is 1. The van der Waals surface area contributed by atoms with Gasteiger partial charge in [-0.25, -0.2) is 4.79 Å². The van der Waals surface area contributed by atoms with Crippen molar-refractivity contribution in [3.05, 3.63) is 29.3 Å². The first-order chi connectivity index (χ1) is 12.3. The average Bonchev–Trinajstić information content (AvgIpc) is 2.67. The molecule has 1 N–H and O–H groups in total. The van der Waals surface area contributed by atoms with Crippen LogP contribution in [0.3, 0.4) is 0 Å². The Kier molecular flexibility index (Phi) is 4.98. The van der Waals surface area contributed by atoms with Crippen LogP contribution in [0.5, 0.6) is 0 Å². The van der Waals surface area contributed by atoms with Crippen LogP contribution in [-0.2, 0) is 9.47 Å². The summed E-state index contributed by atoms with van der Waals surface area (Å²) in [6.07, 6.45) is 9.06. The highest BCUT2D eigenvalue weighted by atomic mass is 16.5. The van der Waals surface area contributed by atoms with Gasteiger partial charge in [0.2, 0.25) is 0 Å². The minimum absolute atomic E-state index is 0.117.